The molecule has 0 heterocycles. The van der Waals surface area contributed by atoms with Crippen LogP contribution in [0, 0.1) is 0 Å². The van der Waals surface area contributed by atoms with Crippen LogP contribution in [-0.2, 0) is 0 Å². The standard InChI is InChI=1S/C10H15NO2S/c1-13-9-4-2-3-5-10(9)14-7-8(12)6-11/h2-5,8,12H,6-7,11H2,1H3. The normalized spacial score (nSPS) is 12.5. The van der Waals surface area contributed by atoms with E-state index in [1.807, 2.05) is 24.3 Å². The quantitative estimate of drug-likeness (QED) is 0.719. The van der Waals surface area contributed by atoms with Crippen molar-refractivity contribution in [3.8, 4) is 5.75 Å². The van der Waals surface area contributed by atoms with Crippen LogP contribution >= 0.6 is 11.8 Å². The van der Waals surface area contributed by atoms with Gasteiger partial charge in [0.1, 0.15) is 5.75 Å². The van der Waals surface area contributed by atoms with E-state index in [4.69, 9.17) is 10.5 Å². The van der Waals surface area contributed by atoms with E-state index in [-0.39, 0.29) is 0 Å². The van der Waals surface area contributed by atoms with Gasteiger partial charge in [-0.25, -0.2) is 0 Å². The maximum atomic E-state index is 9.30. The summed E-state index contributed by atoms with van der Waals surface area (Å²) in [6.07, 6.45) is -0.454. The molecule has 0 amide bonds. The topological polar surface area (TPSA) is 55.5 Å². The molecule has 0 spiro atoms. The van der Waals surface area contributed by atoms with Crippen LogP contribution in [0.1, 0.15) is 0 Å². The summed E-state index contributed by atoms with van der Waals surface area (Å²) in [4.78, 5) is 1.03. The molecule has 78 valence electrons. The third-order valence-electron chi connectivity index (χ3n) is 1.77. The van der Waals surface area contributed by atoms with Crippen LogP contribution in [0.15, 0.2) is 29.2 Å². The number of aliphatic hydroxyl groups excluding tert-OH is 1. The Bertz CT molecular complexity index is 281. The fourth-order valence-electron chi connectivity index (χ4n) is 0.992. The monoisotopic (exact) mass is 213 g/mol. The smallest absolute Gasteiger partial charge is 0.132 e. The summed E-state index contributed by atoms with van der Waals surface area (Å²) < 4.78 is 5.18. The summed E-state index contributed by atoms with van der Waals surface area (Å²) in [5.41, 5.74) is 5.31. The molecule has 1 aromatic rings. The molecule has 0 radical (unpaired) electrons. The highest BCUT2D eigenvalue weighted by Crippen LogP contribution is 2.28. The predicted octanol–water partition coefficient (Wildman–Crippen LogP) is 1.11. The zero-order valence-electron chi connectivity index (χ0n) is 8.14. The Labute approximate surface area is 88.3 Å². The largest absolute Gasteiger partial charge is 0.496 e. The van der Waals surface area contributed by atoms with Crippen LogP contribution in [0.25, 0.3) is 0 Å². The second-order valence-electron chi connectivity index (χ2n) is 2.85. The Balaban J connectivity index is 2.57. The van der Waals surface area contributed by atoms with Crippen molar-refractivity contribution in [3.05, 3.63) is 24.3 Å². The van der Waals surface area contributed by atoms with Gasteiger partial charge in [-0.2, -0.15) is 0 Å². The molecule has 3 N–H and O–H groups in total. The van der Waals surface area contributed by atoms with E-state index in [0.29, 0.717) is 12.3 Å². The van der Waals surface area contributed by atoms with Crippen LogP contribution < -0.4 is 10.5 Å². The zero-order valence-corrected chi connectivity index (χ0v) is 8.96. The van der Waals surface area contributed by atoms with E-state index < -0.39 is 6.10 Å². The minimum absolute atomic E-state index is 0.294. The number of para-hydroxylation sites is 1. The molecule has 3 nitrogen and oxygen atoms in total. The second-order valence-corrected chi connectivity index (χ2v) is 3.91. The fraction of sp³-hybridized carbons (Fsp3) is 0.400. The number of aliphatic hydroxyl groups is 1. The van der Waals surface area contributed by atoms with Gasteiger partial charge in [0.25, 0.3) is 0 Å². The Kier molecular flexibility index (Phi) is 4.79. The van der Waals surface area contributed by atoms with Crippen molar-refractivity contribution >= 4 is 11.8 Å². The minimum atomic E-state index is -0.454. The molecule has 14 heavy (non-hydrogen) atoms. The summed E-state index contributed by atoms with van der Waals surface area (Å²) in [5.74, 6) is 1.43. The highest BCUT2D eigenvalue weighted by Gasteiger charge is 2.05. The molecular formula is C10H15NO2S. The SMILES string of the molecule is COc1ccccc1SCC(O)CN. The van der Waals surface area contributed by atoms with Crippen LogP contribution in [0.5, 0.6) is 5.75 Å². The molecule has 0 saturated carbocycles. The molecule has 0 aliphatic rings. The number of hydrogen-bond donors (Lipinski definition) is 2. The van der Waals surface area contributed by atoms with Crippen LogP contribution in [0.3, 0.4) is 0 Å². The van der Waals surface area contributed by atoms with Crippen molar-refractivity contribution in [1.82, 2.24) is 0 Å². The maximum Gasteiger partial charge on any atom is 0.132 e. The number of thioether (sulfide) groups is 1. The highest BCUT2D eigenvalue weighted by molar-refractivity contribution is 7.99. The van der Waals surface area contributed by atoms with E-state index in [1.54, 1.807) is 18.9 Å². The molecule has 0 bridgehead atoms. The molecule has 1 aromatic carbocycles. The van der Waals surface area contributed by atoms with E-state index in [0.717, 1.165) is 10.6 Å². The fourth-order valence-corrected chi connectivity index (χ4v) is 1.97. The van der Waals surface area contributed by atoms with E-state index in [2.05, 4.69) is 0 Å². The first kappa shape index (κ1) is 11.4. The van der Waals surface area contributed by atoms with Crippen LogP contribution in [0.4, 0.5) is 0 Å². The average molecular weight is 213 g/mol. The van der Waals surface area contributed by atoms with Crippen molar-refractivity contribution in [2.24, 2.45) is 5.73 Å². The summed E-state index contributed by atoms with van der Waals surface area (Å²) in [5, 5.41) is 9.30. The van der Waals surface area contributed by atoms with E-state index in [9.17, 15) is 5.11 Å². The summed E-state index contributed by atoms with van der Waals surface area (Å²) in [6.45, 7) is 0.294. The van der Waals surface area contributed by atoms with Gasteiger partial charge in [-0.05, 0) is 12.1 Å². The Morgan fingerprint density at radius 3 is 2.86 bits per heavy atom. The van der Waals surface area contributed by atoms with Gasteiger partial charge in [0.15, 0.2) is 0 Å². The van der Waals surface area contributed by atoms with Gasteiger partial charge >= 0.3 is 0 Å². The lowest BCUT2D eigenvalue weighted by atomic mass is 10.3. The molecule has 0 aliphatic heterocycles. The number of rotatable bonds is 5. The summed E-state index contributed by atoms with van der Waals surface area (Å²) >= 11 is 1.55. The van der Waals surface area contributed by atoms with E-state index >= 15 is 0 Å². The first-order chi connectivity index (χ1) is 6.77. The number of nitrogens with two attached hydrogens (primary N) is 1. The van der Waals surface area contributed by atoms with Crippen molar-refractivity contribution in [2.75, 3.05) is 19.4 Å². The van der Waals surface area contributed by atoms with Gasteiger partial charge in [-0.1, -0.05) is 12.1 Å². The molecule has 1 unspecified atom stereocenters. The van der Waals surface area contributed by atoms with Gasteiger partial charge in [-0.3, -0.25) is 0 Å². The van der Waals surface area contributed by atoms with E-state index in [1.165, 1.54) is 0 Å². The van der Waals surface area contributed by atoms with Gasteiger partial charge in [0.05, 0.1) is 13.2 Å². The lowest BCUT2D eigenvalue weighted by Gasteiger charge is -2.09. The van der Waals surface area contributed by atoms with Crippen LogP contribution in [0.2, 0.25) is 0 Å². The maximum absolute atomic E-state index is 9.30. The van der Waals surface area contributed by atoms with Crippen LogP contribution in [-0.4, -0.2) is 30.6 Å². The molecule has 1 atom stereocenters. The lowest BCUT2D eigenvalue weighted by molar-refractivity contribution is 0.208. The van der Waals surface area contributed by atoms with Gasteiger partial charge in [0.2, 0.25) is 0 Å². The lowest BCUT2D eigenvalue weighted by Crippen LogP contribution is -2.21. The van der Waals surface area contributed by atoms with Crippen molar-refractivity contribution < 1.29 is 9.84 Å². The van der Waals surface area contributed by atoms with Crippen molar-refractivity contribution in [2.45, 2.75) is 11.0 Å². The first-order valence-corrected chi connectivity index (χ1v) is 5.40. The van der Waals surface area contributed by atoms with Gasteiger partial charge < -0.3 is 15.6 Å². The number of benzene rings is 1. The summed E-state index contributed by atoms with van der Waals surface area (Å²) in [7, 11) is 1.64. The molecule has 0 saturated heterocycles. The molecule has 1 rings (SSSR count). The average Bonchev–Trinajstić information content (AvgIpc) is 2.26. The number of hydrogen-bond acceptors (Lipinski definition) is 4. The van der Waals surface area contributed by atoms with Gasteiger partial charge in [0, 0.05) is 17.2 Å². The Morgan fingerprint density at radius 2 is 2.21 bits per heavy atom. The molecule has 0 aliphatic carbocycles. The van der Waals surface area contributed by atoms with Gasteiger partial charge in [-0.15, -0.1) is 11.8 Å². The Hall–Kier alpha value is -0.710. The highest BCUT2D eigenvalue weighted by atomic mass is 32.2. The third-order valence-corrected chi connectivity index (χ3v) is 2.97. The first-order valence-electron chi connectivity index (χ1n) is 4.42. The Morgan fingerprint density at radius 1 is 1.50 bits per heavy atom. The van der Waals surface area contributed by atoms with Crippen molar-refractivity contribution in [3.63, 3.8) is 0 Å². The molecule has 0 aromatic heterocycles. The predicted molar refractivity (Wildman–Crippen MR) is 58.8 cm³/mol. The zero-order chi connectivity index (χ0) is 10.4. The molecule has 0 fully saturated rings. The van der Waals surface area contributed by atoms with Crippen molar-refractivity contribution in [1.29, 1.82) is 0 Å². The minimum Gasteiger partial charge on any atom is -0.496 e. The third kappa shape index (κ3) is 3.21. The molecule has 4 heteroatoms. The molecular weight excluding hydrogens is 198 g/mol. The second kappa shape index (κ2) is 5.90. The summed E-state index contributed by atoms with van der Waals surface area (Å²) in [6, 6.07) is 7.73. The number of methoxy groups -OCH3 is 1. The number of ether oxygens (including phenoxy) is 1.